The van der Waals surface area contributed by atoms with Crippen molar-refractivity contribution in [1.82, 2.24) is 0 Å². The highest BCUT2D eigenvalue weighted by Crippen LogP contribution is 2.21. The summed E-state index contributed by atoms with van der Waals surface area (Å²) >= 11 is 0. The lowest BCUT2D eigenvalue weighted by Gasteiger charge is -2.12. The summed E-state index contributed by atoms with van der Waals surface area (Å²) in [6.07, 6.45) is 0.380. The van der Waals surface area contributed by atoms with Crippen LogP contribution in [0.3, 0.4) is 0 Å². The summed E-state index contributed by atoms with van der Waals surface area (Å²) in [5.41, 5.74) is 2.20. The molecule has 92 valence electrons. The van der Waals surface area contributed by atoms with Gasteiger partial charge >= 0.3 is 5.97 Å². The first-order valence-electron chi connectivity index (χ1n) is 5.71. The Morgan fingerprint density at radius 1 is 1.24 bits per heavy atom. The fraction of sp³-hybridized carbons (Fsp3) is 0.429. The molecule has 1 aromatic rings. The standard InChI is InChI=1S/C14H18O3/c1-8(2)7-12(15)13-10(4)9(3)5-6-11(13)14(16)17/h5-6,8H,7H2,1-4H3,(H,16,17). The predicted molar refractivity (Wildman–Crippen MR) is 66.7 cm³/mol. The number of carbonyl (C=O) groups is 2. The Balaban J connectivity index is 3.33. The van der Waals surface area contributed by atoms with Gasteiger partial charge in [0, 0.05) is 12.0 Å². The van der Waals surface area contributed by atoms with Crippen LogP contribution >= 0.6 is 0 Å². The third kappa shape index (κ3) is 2.93. The number of carboxylic acid groups (broad SMARTS) is 1. The largest absolute Gasteiger partial charge is 0.478 e. The van der Waals surface area contributed by atoms with Gasteiger partial charge in [-0.15, -0.1) is 0 Å². The molecule has 0 saturated carbocycles. The molecule has 0 fully saturated rings. The van der Waals surface area contributed by atoms with E-state index in [0.29, 0.717) is 12.0 Å². The zero-order chi connectivity index (χ0) is 13.2. The third-order valence-electron chi connectivity index (χ3n) is 2.84. The zero-order valence-corrected chi connectivity index (χ0v) is 10.7. The first-order valence-corrected chi connectivity index (χ1v) is 5.71. The van der Waals surface area contributed by atoms with Crippen molar-refractivity contribution in [1.29, 1.82) is 0 Å². The van der Waals surface area contributed by atoms with Crippen LogP contribution in [0.25, 0.3) is 0 Å². The summed E-state index contributed by atoms with van der Waals surface area (Å²) < 4.78 is 0. The number of hydrogen-bond donors (Lipinski definition) is 1. The minimum Gasteiger partial charge on any atom is -0.478 e. The molecule has 0 unspecified atom stereocenters. The lowest BCUT2D eigenvalue weighted by atomic mass is 9.91. The molecule has 0 amide bonds. The van der Waals surface area contributed by atoms with Crippen molar-refractivity contribution in [2.24, 2.45) is 5.92 Å². The zero-order valence-electron chi connectivity index (χ0n) is 10.7. The number of benzene rings is 1. The predicted octanol–water partition coefficient (Wildman–Crippen LogP) is 3.23. The SMILES string of the molecule is Cc1ccc(C(=O)O)c(C(=O)CC(C)C)c1C. The van der Waals surface area contributed by atoms with Gasteiger partial charge in [0.2, 0.25) is 0 Å². The number of hydrogen-bond acceptors (Lipinski definition) is 2. The number of carboxylic acids is 1. The number of carbonyl (C=O) groups excluding carboxylic acids is 1. The number of ketones is 1. The molecule has 0 aliphatic heterocycles. The highest BCUT2D eigenvalue weighted by molar-refractivity contribution is 6.07. The molecule has 1 N–H and O–H groups in total. The maximum Gasteiger partial charge on any atom is 0.336 e. The molecule has 3 heteroatoms. The van der Waals surface area contributed by atoms with Crippen LogP contribution in [0.1, 0.15) is 52.1 Å². The van der Waals surface area contributed by atoms with Crippen molar-refractivity contribution >= 4 is 11.8 Å². The molecule has 0 heterocycles. The van der Waals surface area contributed by atoms with Gasteiger partial charge in [-0.25, -0.2) is 4.79 Å². The van der Waals surface area contributed by atoms with Gasteiger partial charge in [-0.2, -0.15) is 0 Å². The Hall–Kier alpha value is -1.64. The normalized spacial score (nSPS) is 10.6. The van der Waals surface area contributed by atoms with Crippen molar-refractivity contribution < 1.29 is 14.7 Å². The second kappa shape index (κ2) is 5.13. The van der Waals surface area contributed by atoms with Crippen LogP contribution in [-0.4, -0.2) is 16.9 Å². The van der Waals surface area contributed by atoms with E-state index in [9.17, 15) is 9.59 Å². The molecule has 0 aliphatic rings. The molecule has 3 nitrogen and oxygen atoms in total. The van der Waals surface area contributed by atoms with Crippen LogP contribution in [0.15, 0.2) is 12.1 Å². The van der Waals surface area contributed by atoms with E-state index in [1.54, 1.807) is 13.0 Å². The quantitative estimate of drug-likeness (QED) is 0.814. The van der Waals surface area contributed by atoms with Gasteiger partial charge in [0.25, 0.3) is 0 Å². The molecular weight excluding hydrogens is 216 g/mol. The van der Waals surface area contributed by atoms with Gasteiger partial charge in [-0.05, 0) is 37.0 Å². The number of aromatic carboxylic acids is 1. The van der Waals surface area contributed by atoms with Crippen molar-refractivity contribution in [3.63, 3.8) is 0 Å². The fourth-order valence-corrected chi connectivity index (χ4v) is 1.83. The van der Waals surface area contributed by atoms with Gasteiger partial charge in [0.05, 0.1) is 5.56 Å². The van der Waals surface area contributed by atoms with Gasteiger partial charge in [-0.1, -0.05) is 19.9 Å². The lowest BCUT2D eigenvalue weighted by molar-refractivity contribution is 0.0691. The highest BCUT2D eigenvalue weighted by atomic mass is 16.4. The summed E-state index contributed by atoms with van der Waals surface area (Å²) in [4.78, 5) is 23.2. The van der Waals surface area contributed by atoms with Gasteiger partial charge in [0.1, 0.15) is 0 Å². The fourth-order valence-electron chi connectivity index (χ4n) is 1.83. The Morgan fingerprint density at radius 2 is 1.82 bits per heavy atom. The smallest absolute Gasteiger partial charge is 0.336 e. The average Bonchev–Trinajstić information content (AvgIpc) is 2.20. The molecule has 0 atom stereocenters. The molecule has 1 rings (SSSR count). The Bertz CT molecular complexity index is 459. The summed E-state index contributed by atoms with van der Waals surface area (Å²) in [5, 5.41) is 9.11. The van der Waals surface area contributed by atoms with Crippen LogP contribution in [0.5, 0.6) is 0 Å². The summed E-state index contributed by atoms with van der Waals surface area (Å²) in [6.45, 7) is 7.58. The van der Waals surface area contributed by atoms with E-state index in [2.05, 4.69) is 0 Å². The summed E-state index contributed by atoms with van der Waals surface area (Å²) in [5.74, 6) is -0.900. The molecule has 0 spiro atoms. The van der Waals surface area contributed by atoms with Crippen molar-refractivity contribution in [2.75, 3.05) is 0 Å². The van der Waals surface area contributed by atoms with E-state index in [4.69, 9.17) is 5.11 Å². The van der Waals surface area contributed by atoms with Crippen molar-refractivity contribution in [3.05, 3.63) is 34.4 Å². The Morgan fingerprint density at radius 3 is 2.29 bits per heavy atom. The van der Waals surface area contributed by atoms with E-state index in [0.717, 1.165) is 11.1 Å². The average molecular weight is 234 g/mol. The molecule has 1 aromatic carbocycles. The lowest BCUT2D eigenvalue weighted by Crippen LogP contribution is -2.13. The molecule has 0 aromatic heterocycles. The minimum atomic E-state index is -1.04. The van der Waals surface area contributed by atoms with Crippen LogP contribution in [0, 0.1) is 19.8 Å². The third-order valence-corrected chi connectivity index (χ3v) is 2.84. The van der Waals surface area contributed by atoms with Crippen LogP contribution in [0.4, 0.5) is 0 Å². The molecule has 0 bridgehead atoms. The molecule has 0 aliphatic carbocycles. The van der Waals surface area contributed by atoms with Crippen LogP contribution in [-0.2, 0) is 0 Å². The monoisotopic (exact) mass is 234 g/mol. The van der Waals surface area contributed by atoms with E-state index >= 15 is 0 Å². The van der Waals surface area contributed by atoms with Gasteiger partial charge in [0.15, 0.2) is 5.78 Å². The highest BCUT2D eigenvalue weighted by Gasteiger charge is 2.20. The first kappa shape index (κ1) is 13.4. The van der Waals surface area contributed by atoms with E-state index in [1.807, 2.05) is 20.8 Å². The van der Waals surface area contributed by atoms with Crippen LogP contribution < -0.4 is 0 Å². The van der Waals surface area contributed by atoms with E-state index in [1.165, 1.54) is 6.07 Å². The first-order chi connectivity index (χ1) is 7.84. The molecular formula is C14H18O3. The van der Waals surface area contributed by atoms with Gasteiger partial charge < -0.3 is 5.11 Å². The Kier molecular flexibility index (Phi) is 4.05. The molecule has 0 saturated heterocycles. The second-order valence-electron chi connectivity index (χ2n) is 4.76. The topological polar surface area (TPSA) is 54.4 Å². The second-order valence-corrected chi connectivity index (χ2v) is 4.76. The summed E-state index contributed by atoms with van der Waals surface area (Å²) in [7, 11) is 0. The molecule has 0 radical (unpaired) electrons. The summed E-state index contributed by atoms with van der Waals surface area (Å²) in [6, 6.07) is 3.25. The number of Topliss-reactive ketones (excluding diaryl/α,β-unsaturated/α-hetero) is 1. The van der Waals surface area contributed by atoms with Crippen molar-refractivity contribution in [3.8, 4) is 0 Å². The Labute approximate surface area is 101 Å². The number of rotatable bonds is 4. The van der Waals surface area contributed by atoms with Crippen LogP contribution in [0.2, 0.25) is 0 Å². The van der Waals surface area contributed by atoms with E-state index < -0.39 is 5.97 Å². The maximum absolute atomic E-state index is 12.1. The maximum atomic E-state index is 12.1. The van der Waals surface area contributed by atoms with Crippen molar-refractivity contribution in [2.45, 2.75) is 34.1 Å². The van der Waals surface area contributed by atoms with Gasteiger partial charge in [-0.3, -0.25) is 4.79 Å². The number of aryl methyl sites for hydroxylation is 1. The molecule has 17 heavy (non-hydrogen) atoms. The minimum absolute atomic E-state index is 0.0846. The van der Waals surface area contributed by atoms with E-state index in [-0.39, 0.29) is 17.3 Å².